The number of benzene rings is 2. The van der Waals surface area contributed by atoms with Crippen molar-refractivity contribution in [1.82, 2.24) is 0 Å². The molecular weight excluding hydrogens is 240 g/mol. The molecule has 1 fully saturated rings. The van der Waals surface area contributed by atoms with Gasteiger partial charge in [0.05, 0.1) is 19.8 Å². The van der Waals surface area contributed by atoms with Crippen molar-refractivity contribution in [3.63, 3.8) is 0 Å². The normalized spacial score (nSPS) is 19.5. The van der Waals surface area contributed by atoms with Crippen molar-refractivity contribution in [2.24, 2.45) is 0 Å². The Morgan fingerprint density at radius 3 is 2.79 bits per heavy atom. The number of carbonyl (C=O) groups is 1. The van der Waals surface area contributed by atoms with Crippen LogP contribution in [0.3, 0.4) is 0 Å². The van der Waals surface area contributed by atoms with Crippen LogP contribution in [0.2, 0.25) is 0 Å². The van der Waals surface area contributed by atoms with Crippen LogP contribution in [0.15, 0.2) is 36.4 Å². The third kappa shape index (κ3) is 2.27. The van der Waals surface area contributed by atoms with Crippen LogP contribution in [-0.4, -0.2) is 31.7 Å². The number of aryl methyl sites for hydroxylation is 1. The van der Waals surface area contributed by atoms with Gasteiger partial charge in [-0.25, -0.2) is 0 Å². The highest BCUT2D eigenvalue weighted by molar-refractivity contribution is 6.11. The van der Waals surface area contributed by atoms with Crippen LogP contribution in [0.25, 0.3) is 10.8 Å². The number of hydrogen-bond donors (Lipinski definition) is 0. The molecule has 3 heteroatoms. The molecule has 3 rings (SSSR count). The number of hydrogen-bond acceptors (Lipinski definition) is 3. The van der Waals surface area contributed by atoms with Gasteiger partial charge >= 0.3 is 0 Å². The topological polar surface area (TPSA) is 35.5 Å². The smallest absolute Gasteiger partial charge is 0.194 e. The molecular formula is C16H16O3. The lowest BCUT2D eigenvalue weighted by molar-refractivity contribution is -0.0718. The summed E-state index contributed by atoms with van der Waals surface area (Å²) in [5, 5.41) is 2.06. The molecule has 1 aliphatic heterocycles. The molecule has 98 valence electrons. The van der Waals surface area contributed by atoms with Crippen molar-refractivity contribution < 1.29 is 14.3 Å². The molecule has 19 heavy (non-hydrogen) atoms. The van der Waals surface area contributed by atoms with Crippen LogP contribution in [-0.2, 0) is 9.47 Å². The zero-order chi connectivity index (χ0) is 13.2. The van der Waals surface area contributed by atoms with Crippen molar-refractivity contribution in [1.29, 1.82) is 0 Å². The van der Waals surface area contributed by atoms with Crippen LogP contribution in [0.4, 0.5) is 0 Å². The van der Waals surface area contributed by atoms with Gasteiger partial charge in [-0.1, -0.05) is 36.4 Å². The van der Waals surface area contributed by atoms with Crippen molar-refractivity contribution in [2.75, 3.05) is 19.8 Å². The second-order valence-corrected chi connectivity index (χ2v) is 4.78. The Morgan fingerprint density at radius 1 is 1.16 bits per heavy atom. The van der Waals surface area contributed by atoms with Gasteiger partial charge in [0, 0.05) is 5.56 Å². The molecule has 1 atom stereocenters. The Morgan fingerprint density at radius 2 is 2.00 bits per heavy atom. The lowest BCUT2D eigenvalue weighted by Gasteiger charge is -2.23. The fourth-order valence-corrected chi connectivity index (χ4v) is 2.51. The first kappa shape index (κ1) is 12.3. The highest BCUT2D eigenvalue weighted by Crippen LogP contribution is 2.24. The van der Waals surface area contributed by atoms with Gasteiger partial charge in [-0.05, 0) is 23.3 Å². The Hall–Kier alpha value is -1.71. The minimum atomic E-state index is -0.474. The summed E-state index contributed by atoms with van der Waals surface area (Å²) < 4.78 is 10.9. The van der Waals surface area contributed by atoms with Crippen molar-refractivity contribution in [3.8, 4) is 0 Å². The van der Waals surface area contributed by atoms with E-state index in [9.17, 15) is 4.79 Å². The predicted octanol–water partition coefficient (Wildman–Crippen LogP) is 2.75. The van der Waals surface area contributed by atoms with Gasteiger partial charge in [0.2, 0.25) is 0 Å². The maximum absolute atomic E-state index is 12.6. The van der Waals surface area contributed by atoms with E-state index in [-0.39, 0.29) is 5.78 Å². The maximum atomic E-state index is 12.6. The van der Waals surface area contributed by atoms with Gasteiger partial charge in [-0.15, -0.1) is 0 Å². The molecule has 2 aromatic rings. The standard InChI is InChI=1S/C16H16O3/c1-11-6-7-12-4-2-3-5-13(12)15(11)16(17)14-10-18-8-9-19-14/h2-7,14H,8-10H2,1H3. The van der Waals surface area contributed by atoms with E-state index in [2.05, 4.69) is 0 Å². The largest absolute Gasteiger partial charge is 0.376 e. The minimum absolute atomic E-state index is 0.0222. The Kier molecular flexibility index (Phi) is 3.32. The number of ketones is 1. The molecule has 1 saturated heterocycles. The molecule has 0 aliphatic carbocycles. The molecule has 1 unspecified atom stereocenters. The van der Waals surface area contributed by atoms with Crippen LogP contribution in [0.1, 0.15) is 15.9 Å². The SMILES string of the molecule is Cc1ccc2ccccc2c1C(=O)C1COCCO1. The van der Waals surface area contributed by atoms with Crippen LogP contribution < -0.4 is 0 Å². The Balaban J connectivity index is 2.08. The fraction of sp³-hybridized carbons (Fsp3) is 0.312. The number of rotatable bonds is 2. The summed E-state index contributed by atoms with van der Waals surface area (Å²) in [7, 11) is 0. The molecule has 0 radical (unpaired) electrons. The Labute approximate surface area is 112 Å². The molecule has 0 saturated carbocycles. The summed E-state index contributed by atoms with van der Waals surface area (Å²) in [6.45, 7) is 3.36. The molecule has 0 aromatic heterocycles. The van der Waals surface area contributed by atoms with Gasteiger partial charge in [0.1, 0.15) is 6.10 Å². The van der Waals surface area contributed by atoms with Gasteiger partial charge in [0.25, 0.3) is 0 Å². The monoisotopic (exact) mass is 256 g/mol. The van der Waals surface area contributed by atoms with E-state index in [4.69, 9.17) is 9.47 Å². The van der Waals surface area contributed by atoms with Crippen molar-refractivity contribution >= 4 is 16.6 Å². The fourth-order valence-electron chi connectivity index (χ4n) is 2.51. The molecule has 0 N–H and O–H groups in total. The lowest BCUT2D eigenvalue weighted by atomic mass is 9.94. The first-order valence-corrected chi connectivity index (χ1v) is 6.49. The highest BCUT2D eigenvalue weighted by Gasteiger charge is 2.26. The molecule has 0 bridgehead atoms. The lowest BCUT2D eigenvalue weighted by Crippen LogP contribution is -2.35. The van der Waals surface area contributed by atoms with E-state index in [1.807, 2.05) is 43.3 Å². The summed E-state index contributed by atoms with van der Waals surface area (Å²) in [6, 6.07) is 12.0. The zero-order valence-corrected chi connectivity index (χ0v) is 10.9. The second kappa shape index (κ2) is 5.11. The van der Waals surface area contributed by atoms with Gasteiger partial charge < -0.3 is 9.47 Å². The summed E-state index contributed by atoms with van der Waals surface area (Å²) >= 11 is 0. The number of fused-ring (bicyclic) bond motifs is 1. The molecule has 1 aliphatic rings. The van der Waals surface area contributed by atoms with Gasteiger partial charge in [-0.2, -0.15) is 0 Å². The molecule has 2 aromatic carbocycles. The van der Waals surface area contributed by atoms with Crippen LogP contribution >= 0.6 is 0 Å². The van der Waals surface area contributed by atoms with E-state index in [0.717, 1.165) is 21.9 Å². The quantitative estimate of drug-likeness (QED) is 0.775. The Bertz CT molecular complexity index is 612. The van der Waals surface area contributed by atoms with E-state index in [1.54, 1.807) is 0 Å². The molecule has 3 nitrogen and oxygen atoms in total. The summed E-state index contributed by atoms with van der Waals surface area (Å²) in [5.74, 6) is 0.0222. The average Bonchev–Trinajstić information content (AvgIpc) is 2.47. The second-order valence-electron chi connectivity index (χ2n) is 4.78. The molecule has 0 spiro atoms. The van der Waals surface area contributed by atoms with Crippen molar-refractivity contribution in [3.05, 3.63) is 47.5 Å². The third-order valence-electron chi connectivity index (χ3n) is 3.49. The van der Waals surface area contributed by atoms with Crippen molar-refractivity contribution in [2.45, 2.75) is 13.0 Å². The number of ether oxygens (including phenoxy) is 2. The molecule has 1 heterocycles. The van der Waals surface area contributed by atoms with Gasteiger partial charge in [-0.3, -0.25) is 4.79 Å². The van der Waals surface area contributed by atoms with Crippen LogP contribution in [0, 0.1) is 6.92 Å². The average molecular weight is 256 g/mol. The maximum Gasteiger partial charge on any atom is 0.194 e. The minimum Gasteiger partial charge on any atom is -0.376 e. The van der Waals surface area contributed by atoms with E-state index < -0.39 is 6.10 Å². The highest BCUT2D eigenvalue weighted by atomic mass is 16.6. The third-order valence-corrected chi connectivity index (χ3v) is 3.49. The molecule has 0 amide bonds. The summed E-state index contributed by atoms with van der Waals surface area (Å²) in [4.78, 5) is 12.6. The summed E-state index contributed by atoms with van der Waals surface area (Å²) in [6.07, 6.45) is -0.474. The number of Topliss-reactive ketones (excluding diaryl/α,β-unsaturated/α-hetero) is 1. The van der Waals surface area contributed by atoms with Gasteiger partial charge in [0.15, 0.2) is 5.78 Å². The van der Waals surface area contributed by atoms with E-state index >= 15 is 0 Å². The van der Waals surface area contributed by atoms with E-state index in [0.29, 0.717) is 19.8 Å². The zero-order valence-electron chi connectivity index (χ0n) is 10.9. The van der Waals surface area contributed by atoms with E-state index in [1.165, 1.54) is 0 Å². The van der Waals surface area contributed by atoms with Crippen LogP contribution in [0.5, 0.6) is 0 Å². The predicted molar refractivity (Wildman–Crippen MR) is 73.6 cm³/mol. The first-order chi connectivity index (χ1) is 9.27. The number of carbonyl (C=O) groups excluding carboxylic acids is 1. The first-order valence-electron chi connectivity index (χ1n) is 6.49. The summed E-state index contributed by atoms with van der Waals surface area (Å²) in [5.41, 5.74) is 1.74.